The van der Waals surface area contributed by atoms with Gasteiger partial charge in [-0.05, 0) is 20.5 Å². The minimum Gasteiger partial charge on any atom is -0.392 e. The Balaban J connectivity index is 3.57. The van der Waals surface area contributed by atoms with Gasteiger partial charge in [-0.25, -0.2) is 0 Å². The van der Waals surface area contributed by atoms with Gasteiger partial charge >= 0.3 is 0 Å². The van der Waals surface area contributed by atoms with Crippen LogP contribution in [-0.2, 0) is 0 Å². The average Bonchev–Trinajstić information content (AvgIpc) is 2.22. The summed E-state index contributed by atoms with van der Waals surface area (Å²) in [5.41, 5.74) is 0. The van der Waals surface area contributed by atoms with Gasteiger partial charge < -0.3 is 19.8 Å². The van der Waals surface area contributed by atoms with Gasteiger partial charge in [0.05, 0.1) is 33.3 Å². The molecule has 17 heavy (non-hydrogen) atoms. The zero-order valence-electron chi connectivity index (χ0n) is 12.4. The summed E-state index contributed by atoms with van der Waals surface area (Å²) >= 11 is 0. The molecule has 0 radical (unpaired) electrons. The van der Waals surface area contributed by atoms with Gasteiger partial charge in [-0.15, -0.1) is 0 Å². The van der Waals surface area contributed by atoms with Gasteiger partial charge in [-0.2, -0.15) is 0 Å². The summed E-state index contributed by atoms with van der Waals surface area (Å²) in [6.45, 7) is 7.18. The normalized spacial score (nSPS) is 14.3. The van der Waals surface area contributed by atoms with Crippen molar-refractivity contribution in [3.05, 3.63) is 0 Å². The number of nitrogens with one attached hydrogen (secondary N) is 1. The molecule has 0 saturated carbocycles. The van der Waals surface area contributed by atoms with E-state index >= 15 is 0 Å². The quantitative estimate of drug-likeness (QED) is 0.432. The Morgan fingerprint density at radius 3 is 2.41 bits per heavy atom. The van der Waals surface area contributed by atoms with Gasteiger partial charge in [-0.1, -0.05) is 13.3 Å². The first-order valence-corrected chi connectivity index (χ1v) is 6.73. The SMILES string of the molecule is CCCC(O)CNCC[N+](C)(C)CCN(C)C. The van der Waals surface area contributed by atoms with Crippen molar-refractivity contribution in [2.75, 3.05) is 60.9 Å². The molecule has 0 saturated heterocycles. The van der Waals surface area contributed by atoms with Gasteiger partial charge in [-0.3, -0.25) is 0 Å². The van der Waals surface area contributed by atoms with Crippen molar-refractivity contribution in [2.24, 2.45) is 0 Å². The fourth-order valence-electron chi connectivity index (χ4n) is 1.67. The second-order valence-electron chi connectivity index (χ2n) is 5.83. The minimum absolute atomic E-state index is 0.183. The molecule has 0 aromatic carbocycles. The average molecular weight is 246 g/mol. The predicted octanol–water partition coefficient (Wildman–Crippen LogP) is 0.375. The molecule has 0 rings (SSSR count). The van der Waals surface area contributed by atoms with Crippen LogP contribution in [0, 0.1) is 0 Å². The molecule has 1 atom stereocenters. The lowest BCUT2D eigenvalue weighted by atomic mass is 10.2. The number of likely N-dealkylation sites (N-methyl/N-ethyl adjacent to an activating group) is 2. The van der Waals surface area contributed by atoms with Gasteiger partial charge in [0.25, 0.3) is 0 Å². The van der Waals surface area contributed by atoms with Crippen molar-refractivity contribution in [3.8, 4) is 0 Å². The van der Waals surface area contributed by atoms with E-state index in [1.165, 1.54) is 0 Å². The number of hydrogen-bond donors (Lipinski definition) is 2. The first kappa shape index (κ1) is 16.8. The van der Waals surface area contributed by atoms with Gasteiger partial charge in [0.2, 0.25) is 0 Å². The molecule has 0 aliphatic rings. The largest absolute Gasteiger partial charge is 0.392 e. The number of hydrogen-bond acceptors (Lipinski definition) is 3. The van der Waals surface area contributed by atoms with E-state index < -0.39 is 0 Å². The highest BCUT2D eigenvalue weighted by Gasteiger charge is 2.14. The Labute approximate surface area is 107 Å². The number of rotatable bonds is 10. The highest BCUT2D eigenvalue weighted by Crippen LogP contribution is 1.97. The predicted molar refractivity (Wildman–Crippen MR) is 74.2 cm³/mol. The van der Waals surface area contributed by atoms with Crippen LogP contribution in [0.15, 0.2) is 0 Å². The molecule has 0 aromatic heterocycles. The van der Waals surface area contributed by atoms with Crippen LogP contribution in [0.5, 0.6) is 0 Å². The van der Waals surface area contributed by atoms with Crippen LogP contribution in [0.1, 0.15) is 19.8 Å². The van der Waals surface area contributed by atoms with E-state index in [2.05, 4.69) is 45.3 Å². The standard InChI is InChI=1S/C13H32N3O/c1-6-7-13(17)12-14-8-10-16(4,5)11-9-15(2)3/h13-14,17H,6-12H2,1-5H3/q+1. The zero-order valence-corrected chi connectivity index (χ0v) is 12.4. The molecule has 0 heterocycles. The number of nitrogens with zero attached hydrogens (tertiary/aromatic N) is 2. The van der Waals surface area contributed by atoms with Crippen LogP contribution < -0.4 is 5.32 Å². The Morgan fingerprint density at radius 2 is 1.88 bits per heavy atom. The molecule has 2 N–H and O–H groups in total. The first-order valence-electron chi connectivity index (χ1n) is 6.73. The van der Waals surface area contributed by atoms with E-state index in [4.69, 9.17) is 0 Å². The van der Waals surface area contributed by atoms with Crippen LogP contribution in [0.25, 0.3) is 0 Å². The molecule has 0 amide bonds. The smallest absolute Gasteiger partial charge is 0.0911 e. The Kier molecular flexibility index (Phi) is 8.78. The molecule has 0 aliphatic heterocycles. The second-order valence-corrected chi connectivity index (χ2v) is 5.83. The van der Waals surface area contributed by atoms with Crippen LogP contribution >= 0.6 is 0 Å². The van der Waals surface area contributed by atoms with E-state index in [9.17, 15) is 5.11 Å². The summed E-state index contributed by atoms with van der Waals surface area (Å²) in [4.78, 5) is 2.22. The van der Waals surface area contributed by atoms with Crippen LogP contribution in [0.4, 0.5) is 0 Å². The van der Waals surface area contributed by atoms with Gasteiger partial charge in [0, 0.05) is 19.6 Å². The molecular formula is C13H32N3O+. The fourth-order valence-corrected chi connectivity index (χ4v) is 1.67. The third kappa shape index (κ3) is 10.7. The lowest BCUT2D eigenvalue weighted by Gasteiger charge is -2.31. The van der Waals surface area contributed by atoms with Gasteiger partial charge in [0.1, 0.15) is 0 Å². The van der Waals surface area contributed by atoms with Crippen molar-refractivity contribution < 1.29 is 9.59 Å². The highest BCUT2D eigenvalue weighted by atomic mass is 16.3. The van der Waals surface area contributed by atoms with Crippen molar-refractivity contribution in [3.63, 3.8) is 0 Å². The maximum Gasteiger partial charge on any atom is 0.0911 e. The van der Waals surface area contributed by atoms with E-state index in [0.717, 1.165) is 50.0 Å². The number of aliphatic hydroxyl groups is 1. The fraction of sp³-hybridized carbons (Fsp3) is 1.00. The molecular weight excluding hydrogens is 214 g/mol. The minimum atomic E-state index is -0.183. The first-order chi connectivity index (χ1) is 7.87. The van der Waals surface area contributed by atoms with E-state index in [0.29, 0.717) is 0 Å². The lowest BCUT2D eigenvalue weighted by molar-refractivity contribution is -0.888. The summed E-state index contributed by atoms with van der Waals surface area (Å²) < 4.78 is 1.02. The van der Waals surface area contributed by atoms with Crippen molar-refractivity contribution >= 4 is 0 Å². The maximum absolute atomic E-state index is 9.58. The molecule has 4 heteroatoms. The summed E-state index contributed by atoms with van der Waals surface area (Å²) in [5, 5.41) is 12.9. The summed E-state index contributed by atoms with van der Waals surface area (Å²) in [6.07, 6.45) is 1.76. The number of aliphatic hydroxyl groups excluding tert-OH is 1. The van der Waals surface area contributed by atoms with Crippen molar-refractivity contribution in [1.29, 1.82) is 0 Å². The third-order valence-corrected chi connectivity index (χ3v) is 3.05. The van der Waals surface area contributed by atoms with E-state index in [1.54, 1.807) is 0 Å². The molecule has 0 aliphatic carbocycles. The number of quaternary nitrogens is 1. The second kappa shape index (κ2) is 8.86. The monoisotopic (exact) mass is 246 g/mol. The van der Waals surface area contributed by atoms with Gasteiger partial charge in [0.15, 0.2) is 0 Å². The molecule has 0 spiro atoms. The third-order valence-electron chi connectivity index (χ3n) is 3.05. The zero-order chi connectivity index (χ0) is 13.3. The summed E-state index contributed by atoms with van der Waals surface area (Å²) in [5.74, 6) is 0. The van der Waals surface area contributed by atoms with Crippen molar-refractivity contribution in [2.45, 2.75) is 25.9 Å². The van der Waals surface area contributed by atoms with Crippen LogP contribution in [0.3, 0.4) is 0 Å². The highest BCUT2D eigenvalue weighted by molar-refractivity contribution is 4.58. The maximum atomic E-state index is 9.58. The Hall–Kier alpha value is -0.160. The van der Waals surface area contributed by atoms with E-state index in [1.807, 2.05) is 0 Å². The molecule has 4 nitrogen and oxygen atoms in total. The summed E-state index contributed by atoms with van der Waals surface area (Å²) in [6, 6.07) is 0. The Bertz CT molecular complexity index is 184. The van der Waals surface area contributed by atoms with Crippen molar-refractivity contribution in [1.82, 2.24) is 10.2 Å². The summed E-state index contributed by atoms with van der Waals surface area (Å²) in [7, 11) is 8.74. The van der Waals surface area contributed by atoms with E-state index in [-0.39, 0.29) is 6.10 Å². The Morgan fingerprint density at radius 1 is 1.24 bits per heavy atom. The molecule has 0 bridgehead atoms. The topological polar surface area (TPSA) is 35.5 Å². The molecule has 0 aromatic rings. The lowest BCUT2D eigenvalue weighted by Crippen LogP contribution is -2.48. The molecule has 1 unspecified atom stereocenters. The van der Waals surface area contributed by atoms with Crippen LogP contribution in [-0.4, -0.2) is 81.5 Å². The van der Waals surface area contributed by atoms with Crippen LogP contribution in [0.2, 0.25) is 0 Å². The molecule has 0 fully saturated rings. The molecule has 104 valence electrons.